The van der Waals surface area contributed by atoms with E-state index in [1.807, 2.05) is 12.3 Å². The highest BCUT2D eigenvalue weighted by atomic mass is 35.5. The predicted molar refractivity (Wildman–Crippen MR) is 105 cm³/mol. The van der Waals surface area contributed by atoms with Gasteiger partial charge in [-0.25, -0.2) is 0 Å². The summed E-state index contributed by atoms with van der Waals surface area (Å²) in [6, 6.07) is 10.7. The topological polar surface area (TPSA) is 17.8 Å². The van der Waals surface area contributed by atoms with Crippen molar-refractivity contribution in [1.29, 1.82) is 0 Å². The lowest BCUT2D eigenvalue weighted by Crippen LogP contribution is -2.03. The zero-order valence-corrected chi connectivity index (χ0v) is 15.1. The zero-order valence-electron chi connectivity index (χ0n) is 14.2. The van der Waals surface area contributed by atoms with Crippen LogP contribution >= 0.6 is 12.4 Å². The summed E-state index contributed by atoms with van der Waals surface area (Å²) in [5, 5.41) is 1.33. The van der Waals surface area contributed by atoms with Gasteiger partial charge in [0.25, 0.3) is 0 Å². The molecule has 1 saturated carbocycles. The third-order valence-electron chi connectivity index (χ3n) is 5.10. The Morgan fingerprint density at radius 3 is 2.50 bits per heavy atom. The molecule has 0 saturated heterocycles. The maximum absolute atomic E-state index is 4.73. The lowest BCUT2D eigenvalue weighted by molar-refractivity contribution is 0.632. The van der Waals surface area contributed by atoms with Gasteiger partial charge in [-0.05, 0) is 49.8 Å². The van der Waals surface area contributed by atoms with Gasteiger partial charge in [0.1, 0.15) is 0 Å². The van der Waals surface area contributed by atoms with Gasteiger partial charge in [0, 0.05) is 29.4 Å². The quantitative estimate of drug-likeness (QED) is 0.588. The number of pyridine rings is 1. The van der Waals surface area contributed by atoms with E-state index in [9.17, 15) is 0 Å². The van der Waals surface area contributed by atoms with Gasteiger partial charge >= 0.3 is 0 Å². The molecule has 0 bridgehead atoms. The fraction of sp³-hybridized carbons (Fsp3) is 0.286. The van der Waals surface area contributed by atoms with E-state index < -0.39 is 0 Å². The molecule has 0 atom stereocenters. The number of halogens is 1. The van der Waals surface area contributed by atoms with Crippen LogP contribution in [0.2, 0.25) is 0 Å². The van der Waals surface area contributed by atoms with E-state index in [-0.39, 0.29) is 12.4 Å². The lowest BCUT2D eigenvalue weighted by atomic mass is 10.1. The fourth-order valence-electron chi connectivity index (χ4n) is 3.37. The molecule has 0 spiro atoms. The van der Waals surface area contributed by atoms with Crippen LogP contribution in [0.25, 0.3) is 28.2 Å². The second kappa shape index (κ2) is 6.45. The smallest absolute Gasteiger partial charge is 0.0944 e. The summed E-state index contributed by atoms with van der Waals surface area (Å²) in [6.45, 7) is 9.42. The van der Waals surface area contributed by atoms with Crippen LogP contribution in [0.3, 0.4) is 0 Å². The maximum Gasteiger partial charge on any atom is 0.0944 e. The summed E-state index contributed by atoms with van der Waals surface area (Å²) in [7, 11) is 0. The van der Waals surface area contributed by atoms with Crippen molar-refractivity contribution in [3.63, 3.8) is 0 Å². The molecule has 0 radical (unpaired) electrons. The highest BCUT2D eigenvalue weighted by Crippen LogP contribution is 2.37. The van der Waals surface area contributed by atoms with Gasteiger partial charge in [0.05, 0.1) is 11.2 Å². The Hall–Kier alpha value is -2.06. The molecule has 1 aliphatic carbocycles. The van der Waals surface area contributed by atoms with E-state index in [1.165, 1.54) is 40.6 Å². The van der Waals surface area contributed by atoms with Gasteiger partial charge in [-0.2, -0.15) is 0 Å². The number of hydrogen-bond donors (Lipinski definition) is 0. The average molecular weight is 339 g/mol. The van der Waals surface area contributed by atoms with Crippen LogP contribution in [-0.4, -0.2) is 9.55 Å². The fourth-order valence-corrected chi connectivity index (χ4v) is 3.37. The Labute approximate surface area is 149 Å². The van der Waals surface area contributed by atoms with Gasteiger partial charge in [-0.1, -0.05) is 36.9 Å². The molecule has 1 aromatic carbocycles. The van der Waals surface area contributed by atoms with E-state index >= 15 is 0 Å². The molecular weight excluding hydrogens is 316 g/mol. The zero-order chi connectivity index (χ0) is 16.0. The average Bonchev–Trinajstić information content (AvgIpc) is 3.38. The van der Waals surface area contributed by atoms with Crippen LogP contribution < -0.4 is 0 Å². The lowest BCUT2D eigenvalue weighted by Gasteiger charge is -2.11. The van der Waals surface area contributed by atoms with Gasteiger partial charge in [-0.15, -0.1) is 12.4 Å². The minimum atomic E-state index is 0. The summed E-state index contributed by atoms with van der Waals surface area (Å²) in [5.41, 5.74) is 7.46. The van der Waals surface area contributed by atoms with Crippen molar-refractivity contribution in [1.82, 2.24) is 9.55 Å². The summed E-state index contributed by atoms with van der Waals surface area (Å²) in [4.78, 5) is 4.73. The Balaban J connectivity index is 0.00000169. The van der Waals surface area contributed by atoms with Crippen molar-refractivity contribution in [2.24, 2.45) is 5.92 Å². The Bertz CT molecular complexity index is 886. The van der Waals surface area contributed by atoms with E-state index in [1.54, 1.807) is 0 Å². The van der Waals surface area contributed by atoms with E-state index in [0.717, 1.165) is 23.7 Å². The van der Waals surface area contributed by atoms with Crippen molar-refractivity contribution >= 4 is 29.4 Å². The highest BCUT2D eigenvalue weighted by Gasteiger charge is 2.25. The first-order chi connectivity index (χ1) is 11.2. The third kappa shape index (κ3) is 2.76. The van der Waals surface area contributed by atoms with E-state index in [2.05, 4.69) is 55.3 Å². The monoisotopic (exact) mass is 338 g/mol. The first-order valence-electron chi connectivity index (χ1n) is 8.36. The molecular formula is C21H23ClN2. The number of aromatic nitrogens is 2. The molecule has 0 amide bonds. The SMILES string of the molecule is C=Cc1ccc(-c2nccc3c(C)c(C)n(CC4CC4)c23)cc1.Cl. The Morgan fingerprint density at radius 2 is 1.88 bits per heavy atom. The summed E-state index contributed by atoms with van der Waals surface area (Å²) in [6.07, 6.45) is 6.54. The molecule has 2 nitrogen and oxygen atoms in total. The minimum absolute atomic E-state index is 0. The van der Waals surface area contributed by atoms with Crippen LogP contribution in [-0.2, 0) is 6.54 Å². The normalized spacial score (nSPS) is 13.8. The molecule has 0 unspecified atom stereocenters. The molecule has 3 heteroatoms. The van der Waals surface area contributed by atoms with Crippen molar-refractivity contribution in [2.45, 2.75) is 33.2 Å². The van der Waals surface area contributed by atoms with Crippen LogP contribution in [0.15, 0.2) is 43.1 Å². The van der Waals surface area contributed by atoms with Crippen molar-refractivity contribution in [3.05, 3.63) is 59.9 Å². The first-order valence-corrected chi connectivity index (χ1v) is 8.36. The van der Waals surface area contributed by atoms with Crippen molar-refractivity contribution in [2.75, 3.05) is 0 Å². The first kappa shape index (κ1) is 16.8. The number of aryl methyl sites for hydroxylation is 1. The maximum atomic E-state index is 4.73. The number of fused-ring (bicyclic) bond motifs is 1. The highest BCUT2D eigenvalue weighted by molar-refractivity contribution is 5.95. The number of benzene rings is 1. The summed E-state index contributed by atoms with van der Waals surface area (Å²) >= 11 is 0. The second-order valence-corrected chi connectivity index (χ2v) is 6.65. The largest absolute Gasteiger partial charge is 0.343 e. The molecule has 3 aromatic rings. The van der Waals surface area contributed by atoms with Gasteiger partial charge in [0.15, 0.2) is 0 Å². The summed E-state index contributed by atoms with van der Waals surface area (Å²) in [5.74, 6) is 0.847. The van der Waals surface area contributed by atoms with Crippen molar-refractivity contribution in [3.8, 4) is 11.3 Å². The van der Waals surface area contributed by atoms with Crippen LogP contribution in [0.1, 0.15) is 29.7 Å². The van der Waals surface area contributed by atoms with E-state index in [4.69, 9.17) is 4.98 Å². The molecule has 24 heavy (non-hydrogen) atoms. The van der Waals surface area contributed by atoms with E-state index in [0.29, 0.717) is 0 Å². The van der Waals surface area contributed by atoms with Crippen molar-refractivity contribution < 1.29 is 0 Å². The predicted octanol–water partition coefficient (Wildman–Crippen LogP) is 5.79. The molecule has 0 aliphatic heterocycles. The molecule has 124 valence electrons. The Morgan fingerprint density at radius 1 is 1.17 bits per heavy atom. The van der Waals surface area contributed by atoms with Gasteiger partial charge < -0.3 is 4.57 Å². The summed E-state index contributed by atoms with van der Waals surface area (Å²) < 4.78 is 2.49. The Kier molecular flexibility index (Phi) is 4.51. The molecule has 0 N–H and O–H groups in total. The second-order valence-electron chi connectivity index (χ2n) is 6.65. The molecule has 1 aliphatic rings. The number of nitrogens with zero attached hydrogens (tertiary/aromatic N) is 2. The third-order valence-corrected chi connectivity index (χ3v) is 5.10. The molecule has 2 heterocycles. The number of rotatable bonds is 4. The van der Waals surface area contributed by atoms with Crippen LogP contribution in [0.4, 0.5) is 0 Å². The molecule has 2 aromatic heterocycles. The van der Waals surface area contributed by atoms with Crippen LogP contribution in [0.5, 0.6) is 0 Å². The van der Waals surface area contributed by atoms with Crippen LogP contribution in [0, 0.1) is 19.8 Å². The molecule has 1 fully saturated rings. The standard InChI is InChI=1S/C21H22N2.ClH/c1-4-16-7-9-18(10-8-16)20-21-19(11-12-22-20)14(2)15(3)23(21)13-17-5-6-17;/h4,7-12,17H,1,5-6,13H2,2-3H3;1H. The minimum Gasteiger partial charge on any atom is -0.343 e. The van der Waals surface area contributed by atoms with Gasteiger partial charge in [0.2, 0.25) is 0 Å². The number of hydrogen-bond acceptors (Lipinski definition) is 1. The van der Waals surface area contributed by atoms with Gasteiger partial charge in [-0.3, -0.25) is 4.98 Å². The molecule has 4 rings (SSSR count).